The van der Waals surface area contributed by atoms with Crippen LogP contribution < -0.4 is 11.0 Å². The maximum Gasteiger partial charge on any atom is 0.352 e. The largest absolute Gasteiger partial charge is 0.352 e. The fourth-order valence-electron chi connectivity index (χ4n) is 4.66. The molecule has 0 spiro atoms. The minimum Gasteiger partial charge on any atom is -0.352 e. The lowest BCUT2D eigenvalue weighted by Gasteiger charge is -2.39. The second-order valence-electron chi connectivity index (χ2n) is 8.80. The molecule has 0 aliphatic carbocycles. The number of piperidine rings is 1. The van der Waals surface area contributed by atoms with Gasteiger partial charge in [-0.2, -0.15) is 0 Å². The summed E-state index contributed by atoms with van der Waals surface area (Å²) < 4.78 is 4.42. The van der Waals surface area contributed by atoms with Gasteiger partial charge in [0.15, 0.2) is 0 Å². The molecule has 1 aliphatic heterocycles. The topological polar surface area (TPSA) is 93.6 Å². The van der Waals surface area contributed by atoms with E-state index < -0.39 is 5.69 Å². The number of carbonyl (C=O) groups excluding carboxylic acids is 2. The first-order chi connectivity index (χ1) is 14.8. The van der Waals surface area contributed by atoms with Crippen molar-refractivity contribution < 1.29 is 9.59 Å². The highest BCUT2D eigenvalue weighted by atomic mass is 16.2. The summed E-state index contributed by atoms with van der Waals surface area (Å²) in [5.74, 6) is 0.109. The lowest BCUT2D eigenvalue weighted by molar-refractivity contribution is -0.137. The van der Waals surface area contributed by atoms with Crippen molar-refractivity contribution >= 4 is 28.6 Å². The molecule has 9 heteroatoms. The summed E-state index contributed by atoms with van der Waals surface area (Å²) in [5, 5.41) is 7.21. The monoisotopic (exact) mass is 426 g/mol. The summed E-state index contributed by atoms with van der Waals surface area (Å²) in [7, 11) is 0. The average Bonchev–Trinajstić information content (AvgIpc) is 3.16. The Balaban J connectivity index is 1.75. The SMILES string of the molecule is CC(C)NC(=O)Cn1nc2n(CC(=O)N3C(C)CCCC3C)c3ccccc3n2c1=O. The first-order valence-electron chi connectivity index (χ1n) is 10.9. The Morgan fingerprint density at radius 2 is 1.74 bits per heavy atom. The Kier molecular flexibility index (Phi) is 5.60. The first kappa shape index (κ1) is 21.1. The molecule has 1 saturated heterocycles. The van der Waals surface area contributed by atoms with E-state index in [4.69, 9.17) is 0 Å². The quantitative estimate of drug-likeness (QED) is 0.673. The van der Waals surface area contributed by atoms with Gasteiger partial charge in [-0.25, -0.2) is 13.9 Å². The van der Waals surface area contributed by atoms with Crippen molar-refractivity contribution in [3.05, 3.63) is 34.7 Å². The van der Waals surface area contributed by atoms with Gasteiger partial charge in [0, 0.05) is 18.1 Å². The summed E-state index contributed by atoms with van der Waals surface area (Å²) in [4.78, 5) is 40.5. The molecule has 2 unspecified atom stereocenters. The predicted molar refractivity (Wildman–Crippen MR) is 118 cm³/mol. The van der Waals surface area contributed by atoms with Crippen LogP contribution in [0, 0.1) is 0 Å². The van der Waals surface area contributed by atoms with E-state index in [1.165, 1.54) is 4.40 Å². The number of hydrogen-bond donors (Lipinski definition) is 1. The fourth-order valence-corrected chi connectivity index (χ4v) is 4.66. The minimum absolute atomic E-state index is 0.0162. The van der Waals surface area contributed by atoms with Gasteiger partial charge in [-0.05, 0) is 59.1 Å². The van der Waals surface area contributed by atoms with E-state index in [1.54, 1.807) is 4.57 Å². The summed E-state index contributed by atoms with van der Waals surface area (Å²) in [6.45, 7) is 7.83. The molecular weight excluding hydrogens is 396 g/mol. The zero-order valence-electron chi connectivity index (χ0n) is 18.5. The Bertz CT molecular complexity index is 1180. The molecule has 1 aliphatic rings. The number of hydrogen-bond acceptors (Lipinski definition) is 4. The van der Waals surface area contributed by atoms with Crippen LogP contribution >= 0.6 is 0 Å². The molecule has 0 bridgehead atoms. The Labute approximate surface area is 180 Å². The van der Waals surface area contributed by atoms with Gasteiger partial charge in [0.25, 0.3) is 0 Å². The van der Waals surface area contributed by atoms with Gasteiger partial charge in [-0.15, -0.1) is 5.10 Å². The van der Waals surface area contributed by atoms with Gasteiger partial charge in [0.05, 0.1) is 11.0 Å². The van der Waals surface area contributed by atoms with Gasteiger partial charge < -0.3 is 10.2 Å². The molecule has 3 heterocycles. The number of amides is 2. The lowest BCUT2D eigenvalue weighted by Crippen LogP contribution is -2.48. The van der Waals surface area contributed by atoms with Crippen molar-refractivity contribution in [1.82, 2.24) is 29.0 Å². The van der Waals surface area contributed by atoms with E-state index in [-0.39, 0.29) is 43.0 Å². The number of imidazole rings is 1. The van der Waals surface area contributed by atoms with Crippen molar-refractivity contribution in [1.29, 1.82) is 0 Å². The lowest BCUT2D eigenvalue weighted by atomic mass is 9.97. The normalized spacial score (nSPS) is 19.5. The summed E-state index contributed by atoms with van der Waals surface area (Å²) in [5.41, 5.74) is 1.05. The molecule has 1 fully saturated rings. The van der Waals surface area contributed by atoms with Crippen LogP contribution in [0.1, 0.15) is 47.0 Å². The Hall–Kier alpha value is -3.10. The minimum atomic E-state index is -0.393. The molecule has 1 N–H and O–H groups in total. The number of carbonyl (C=O) groups is 2. The van der Waals surface area contributed by atoms with Gasteiger partial charge in [-0.3, -0.25) is 14.2 Å². The zero-order valence-corrected chi connectivity index (χ0v) is 18.5. The number of aromatic nitrogens is 4. The van der Waals surface area contributed by atoms with Gasteiger partial charge in [-0.1, -0.05) is 12.1 Å². The Morgan fingerprint density at radius 1 is 1.10 bits per heavy atom. The van der Waals surface area contributed by atoms with E-state index >= 15 is 0 Å². The third-order valence-corrected chi connectivity index (χ3v) is 6.00. The molecule has 3 aromatic rings. The molecule has 31 heavy (non-hydrogen) atoms. The Morgan fingerprint density at radius 3 is 2.39 bits per heavy atom. The van der Waals surface area contributed by atoms with Crippen LogP contribution in [-0.2, 0) is 22.7 Å². The molecule has 2 amide bonds. The molecule has 2 aromatic heterocycles. The second kappa shape index (κ2) is 8.20. The van der Waals surface area contributed by atoms with Crippen LogP contribution in [0.5, 0.6) is 0 Å². The number of nitrogens with zero attached hydrogens (tertiary/aromatic N) is 5. The number of likely N-dealkylation sites (tertiary alicyclic amines) is 1. The highest BCUT2D eigenvalue weighted by molar-refractivity contribution is 5.85. The van der Waals surface area contributed by atoms with Crippen LogP contribution in [0.15, 0.2) is 29.1 Å². The van der Waals surface area contributed by atoms with Crippen molar-refractivity contribution in [3.8, 4) is 0 Å². The molecular formula is C22H30N6O3. The van der Waals surface area contributed by atoms with E-state index in [0.29, 0.717) is 11.3 Å². The fraction of sp³-hybridized carbons (Fsp3) is 0.545. The third kappa shape index (κ3) is 3.84. The highest BCUT2D eigenvalue weighted by Gasteiger charge is 2.30. The van der Waals surface area contributed by atoms with Crippen molar-refractivity contribution in [3.63, 3.8) is 0 Å². The maximum absolute atomic E-state index is 13.3. The van der Waals surface area contributed by atoms with Crippen LogP contribution in [-0.4, -0.2) is 53.6 Å². The van der Waals surface area contributed by atoms with Crippen molar-refractivity contribution in [2.75, 3.05) is 0 Å². The number of benzene rings is 1. The smallest absolute Gasteiger partial charge is 0.352 e. The standard InChI is InChI=1S/C22H30N6O3/c1-14(2)23-19(29)12-26-22(31)28-18-11-6-5-10-17(18)25(21(28)24-26)13-20(30)27-15(3)8-7-9-16(27)4/h5-6,10-11,14-16H,7-9,12-13H2,1-4H3,(H,23,29). The number of fused-ring (bicyclic) bond motifs is 3. The van der Waals surface area contributed by atoms with Crippen LogP contribution in [0.3, 0.4) is 0 Å². The first-order valence-corrected chi connectivity index (χ1v) is 10.9. The number of para-hydroxylation sites is 2. The molecule has 9 nitrogen and oxygen atoms in total. The zero-order chi connectivity index (χ0) is 22.3. The van der Waals surface area contributed by atoms with E-state index in [1.807, 2.05) is 43.0 Å². The molecule has 2 atom stereocenters. The summed E-state index contributed by atoms with van der Waals surface area (Å²) in [6, 6.07) is 7.79. The highest BCUT2D eigenvalue weighted by Crippen LogP contribution is 2.24. The van der Waals surface area contributed by atoms with Crippen LogP contribution in [0.25, 0.3) is 16.8 Å². The summed E-state index contributed by atoms with van der Waals surface area (Å²) >= 11 is 0. The maximum atomic E-state index is 13.3. The van der Waals surface area contributed by atoms with Crippen LogP contribution in [0.2, 0.25) is 0 Å². The van der Waals surface area contributed by atoms with Crippen LogP contribution in [0.4, 0.5) is 0 Å². The van der Waals surface area contributed by atoms with E-state index in [9.17, 15) is 14.4 Å². The average molecular weight is 427 g/mol. The molecule has 0 saturated carbocycles. The van der Waals surface area contributed by atoms with Crippen molar-refractivity contribution in [2.45, 2.75) is 78.2 Å². The van der Waals surface area contributed by atoms with E-state index in [2.05, 4.69) is 24.3 Å². The summed E-state index contributed by atoms with van der Waals surface area (Å²) in [6.07, 6.45) is 3.12. The number of nitrogens with one attached hydrogen (secondary N) is 1. The molecule has 0 radical (unpaired) electrons. The van der Waals surface area contributed by atoms with E-state index in [0.717, 1.165) is 29.5 Å². The molecule has 166 valence electrons. The predicted octanol–water partition coefficient (Wildman–Crippen LogP) is 1.76. The van der Waals surface area contributed by atoms with Gasteiger partial charge in [0.2, 0.25) is 17.6 Å². The van der Waals surface area contributed by atoms with Gasteiger partial charge >= 0.3 is 5.69 Å². The third-order valence-electron chi connectivity index (χ3n) is 6.00. The van der Waals surface area contributed by atoms with Crippen molar-refractivity contribution in [2.24, 2.45) is 0 Å². The molecule has 4 rings (SSSR count). The molecule has 1 aromatic carbocycles. The number of rotatable bonds is 5. The van der Waals surface area contributed by atoms with Gasteiger partial charge in [0.1, 0.15) is 13.1 Å². The second-order valence-corrected chi connectivity index (χ2v) is 8.80.